The van der Waals surface area contributed by atoms with Gasteiger partial charge in [0.1, 0.15) is 0 Å². The summed E-state index contributed by atoms with van der Waals surface area (Å²) in [5.41, 5.74) is 3.89. The van der Waals surface area contributed by atoms with Crippen LogP contribution >= 0.6 is 12.2 Å². The smallest absolute Gasteiger partial charge is 0.0632 e. The molecular formula is C19H20N2S. The molecule has 1 aliphatic rings. The zero-order valence-corrected chi connectivity index (χ0v) is 13.6. The van der Waals surface area contributed by atoms with Crippen molar-refractivity contribution in [2.24, 2.45) is 4.99 Å². The van der Waals surface area contributed by atoms with Gasteiger partial charge in [-0.25, -0.2) is 4.99 Å². The van der Waals surface area contributed by atoms with E-state index in [9.17, 15) is 0 Å². The van der Waals surface area contributed by atoms with Gasteiger partial charge < -0.3 is 0 Å². The number of thiocarbonyl (C=S) groups is 1. The first-order valence-electron chi connectivity index (χ1n) is 7.68. The van der Waals surface area contributed by atoms with Gasteiger partial charge in [0.25, 0.3) is 0 Å². The molecule has 0 saturated heterocycles. The Hall–Kier alpha value is -1.80. The summed E-state index contributed by atoms with van der Waals surface area (Å²) < 4.78 is 0. The van der Waals surface area contributed by atoms with E-state index in [0.717, 1.165) is 19.4 Å². The number of hydrogen-bond acceptors (Lipinski definition) is 3. The Morgan fingerprint density at radius 1 is 1.05 bits per heavy atom. The van der Waals surface area contributed by atoms with Crippen LogP contribution in [0.25, 0.3) is 11.1 Å². The van der Waals surface area contributed by atoms with Crippen LogP contribution in [-0.2, 0) is 6.54 Å². The van der Waals surface area contributed by atoms with E-state index < -0.39 is 0 Å². The fourth-order valence-corrected chi connectivity index (χ4v) is 3.10. The molecule has 1 fully saturated rings. The summed E-state index contributed by atoms with van der Waals surface area (Å²) in [5.74, 6) is 0. The van der Waals surface area contributed by atoms with Crippen LogP contribution in [0.2, 0.25) is 0 Å². The monoisotopic (exact) mass is 308 g/mol. The maximum Gasteiger partial charge on any atom is 0.0632 e. The van der Waals surface area contributed by atoms with Crippen molar-refractivity contribution in [1.82, 2.24) is 4.90 Å². The number of aliphatic imine (C=N–C) groups is 1. The Bertz CT molecular complexity index is 654. The third-order valence-electron chi connectivity index (χ3n) is 4.44. The van der Waals surface area contributed by atoms with Crippen LogP contribution in [0.15, 0.2) is 59.6 Å². The number of rotatable bonds is 5. The fraction of sp³-hybridized carbons (Fsp3) is 0.316. The van der Waals surface area contributed by atoms with Crippen molar-refractivity contribution in [3.05, 3.63) is 60.2 Å². The van der Waals surface area contributed by atoms with Crippen LogP contribution in [0.3, 0.4) is 0 Å². The second-order valence-electron chi connectivity index (χ2n) is 5.98. The molecule has 22 heavy (non-hydrogen) atoms. The van der Waals surface area contributed by atoms with Gasteiger partial charge in [-0.15, -0.1) is 0 Å². The molecule has 2 aromatic rings. The van der Waals surface area contributed by atoms with Crippen molar-refractivity contribution in [2.45, 2.75) is 31.5 Å². The molecule has 0 heterocycles. The van der Waals surface area contributed by atoms with Gasteiger partial charge in [-0.3, -0.25) is 4.90 Å². The molecule has 1 saturated carbocycles. The Labute approximate surface area is 137 Å². The van der Waals surface area contributed by atoms with Gasteiger partial charge in [0, 0.05) is 12.6 Å². The molecule has 0 aromatic heterocycles. The van der Waals surface area contributed by atoms with E-state index in [0.29, 0.717) is 12.1 Å². The summed E-state index contributed by atoms with van der Waals surface area (Å²) in [6, 6.07) is 20.4. The third kappa shape index (κ3) is 3.50. The highest BCUT2D eigenvalue weighted by Crippen LogP contribution is 2.28. The van der Waals surface area contributed by atoms with Gasteiger partial charge in [0.15, 0.2) is 0 Å². The van der Waals surface area contributed by atoms with Crippen LogP contribution in [-0.4, -0.2) is 29.2 Å². The third-order valence-corrected chi connectivity index (χ3v) is 4.55. The highest BCUT2D eigenvalue weighted by Gasteiger charge is 2.31. The summed E-state index contributed by atoms with van der Waals surface area (Å²) >= 11 is 4.66. The van der Waals surface area contributed by atoms with E-state index in [1.807, 2.05) is 6.07 Å². The van der Waals surface area contributed by atoms with Crippen molar-refractivity contribution in [3.63, 3.8) is 0 Å². The van der Waals surface area contributed by atoms with Gasteiger partial charge >= 0.3 is 0 Å². The minimum atomic E-state index is 0.394. The van der Waals surface area contributed by atoms with Gasteiger partial charge in [-0.05, 0) is 48.8 Å². The minimum absolute atomic E-state index is 0.394. The van der Waals surface area contributed by atoms with E-state index in [1.54, 1.807) is 0 Å². The lowest BCUT2D eigenvalue weighted by atomic mass is 9.86. The Kier molecular flexibility index (Phi) is 4.79. The predicted octanol–water partition coefficient (Wildman–Crippen LogP) is 4.42. The normalized spacial score (nSPS) is 20.3. The molecule has 0 unspecified atom stereocenters. The maximum atomic E-state index is 4.66. The molecule has 0 spiro atoms. The van der Waals surface area contributed by atoms with Crippen LogP contribution < -0.4 is 0 Å². The largest absolute Gasteiger partial charge is 0.299 e. The number of isothiocyanates is 1. The average Bonchev–Trinajstić information content (AvgIpc) is 2.52. The second kappa shape index (κ2) is 6.97. The van der Waals surface area contributed by atoms with Crippen molar-refractivity contribution in [1.29, 1.82) is 0 Å². The minimum Gasteiger partial charge on any atom is -0.299 e. The lowest BCUT2D eigenvalue weighted by molar-refractivity contribution is 0.134. The Morgan fingerprint density at radius 2 is 1.68 bits per heavy atom. The van der Waals surface area contributed by atoms with Gasteiger partial charge in [-0.2, -0.15) is 0 Å². The first-order chi connectivity index (χ1) is 10.8. The molecule has 0 amide bonds. The molecule has 0 bridgehead atoms. The molecule has 1 aliphatic carbocycles. The Morgan fingerprint density at radius 3 is 2.32 bits per heavy atom. The van der Waals surface area contributed by atoms with E-state index in [1.165, 1.54) is 16.7 Å². The van der Waals surface area contributed by atoms with Crippen molar-refractivity contribution in [2.75, 3.05) is 7.05 Å². The molecule has 112 valence electrons. The highest BCUT2D eigenvalue weighted by atomic mass is 32.1. The number of benzene rings is 2. The quantitative estimate of drug-likeness (QED) is 0.600. The van der Waals surface area contributed by atoms with Crippen LogP contribution in [0, 0.1) is 0 Å². The molecule has 0 radical (unpaired) electrons. The fourth-order valence-electron chi connectivity index (χ4n) is 2.95. The van der Waals surface area contributed by atoms with E-state index in [4.69, 9.17) is 0 Å². The molecule has 0 aliphatic heterocycles. The van der Waals surface area contributed by atoms with Gasteiger partial charge in [0.2, 0.25) is 0 Å². The number of hydrogen-bond donors (Lipinski definition) is 0. The standard InChI is InChI=1S/C19H20N2S/c1-21(19-11-18(12-19)20-14-22)13-15-7-9-17(10-8-15)16-5-3-2-4-6-16/h2-10,18-19H,11-13H2,1H3/t18-,19+. The maximum absolute atomic E-state index is 4.66. The summed E-state index contributed by atoms with van der Waals surface area (Å²) in [6.45, 7) is 0.980. The first kappa shape index (κ1) is 15.1. The van der Waals surface area contributed by atoms with E-state index in [2.05, 4.69) is 82.9 Å². The van der Waals surface area contributed by atoms with Crippen molar-refractivity contribution < 1.29 is 0 Å². The van der Waals surface area contributed by atoms with Crippen LogP contribution in [0.1, 0.15) is 18.4 Å². The zero-order valence-electron chi connectivity index (χ0n) is 12.8. The average molecular weight is 308 g/mol. The molecular weight excluding hydrogens is 288 g/mol. The Balaban J connectivity index is 1.59. The first-order valence-corrected chi connectivity index (χ1v) is 8.08. The molecule has 2 nitrogen and oxygen atoms in total. The van der Waals surface area contributed by atoms with Gasteiger partial charge in [-0.1, -0.05) is 54.6 Å². The van der Waals surface area contributed by atoms with E-state index >= 15 is 0 Å². The second-order valence-corrected chi connectivity index (χ2v) is 6.16. The predicted molar refractivity (Wildman–Crippen MR) is 95.2 cm³/mol. The lowest BCUT2D eigenvalue weighted by Gasteiger charge is -2.38. The summed E-state index contributed by atoms with van der Waals surface area (Å²) in [6.07, 6.45) is 2.20. The number of nitrogens with zero attached hydrogens (tertiary/aromatic N) is 2. The SMILES string of the molecule is CN(Cc1ccc(-c2ccccc2)cc1)[C@H]1C[C@@H](N=C=S)C1. The van der Waals surface area contributed by atoms with Crippen molar-refractivity contribution >= 4 is 17.4 Å². The zero-order chi connectivity index (χ0) is 15.4. The molecule has 3 rings (SSSR count). The summed E-state index contributed by atoms with van der Waals surface area (Å²) in [4.78, 5) is 6.56. The summed E-state index contributed by atoms with van der Waals surface area (Å²) in [5, 5.41) is 2.49. The molecule has 3 heteroatoms. The highest BCUT2D eigenvalue weighted by molar-refractivity contribution is 7.78. The van der Waals surface area contributed by atoms with Gasteiger partial charge in [0.05, 0.1) is 11.2 Å². The van der Waals surface area contributed by atoms with Crippen molar-refractivity contribution in [3.8, 4) is 11.1 Å². The lowest BCUT2D eigenvalue weighted by Crippen LogP contribution is -2.44. The molecule has 0 N–H and O–H groups in total. The van der Waals surface area contributed by atoms with E-state index in [-0.39, 0.29) is 0 Å². The topological polar surface area (TPSA) is 15.6 Å². The molecule has 0 atom stereocenters. The molecule has 2 aromatic carbocycles. The van der Waals surface area contributed by atoms with Crippen LogP contribution in [0.4, 0.5) is 0 Å². The van der Waals surface area contributed by atoms with Crippen LogP contribution in [0.5, 0.6) is 0 Å². The summed E-state index contributed by atoms with van der Waals surface area (Å²) in [7, 11) is 2.19.